The van der Waals surface area contributed by atoms with Crippen molar-refractivity contribution < 1.29 is 9.53 Å². The van der Waals surface area contributed by atoms with Crippen LogP contribution in [0.25, 0.3) is 0 Å². The fraction of sp³-hybridized carbons (Fsp3) is 0.923. The molecule has 0 aromatic heterocycles. The van der Waals surface area contributed by atoms with Gasteiger partial charge in [0.15, 0.2) is 0 Å². The molecule has 2 aliphatic rings. The van der Waals surface area contributed by atoms with Gasteiger partial charge in [-0.15, -0.1) is 0 Å². The molecule has 4 heteroatoms. The zero-order valence-electron chi connectivity index (χ0n) is 10.9. The highest BCUT2D eigenvalue weighted by atomic mass is 16.5. The second kappa shape index (κ2) is 5.83. The number of rotatable bonds is 4. The largest absolute Gasteiger partial charge is 0.369 e. The van der Waals surface area contributed by atoms with Crippen molar-refractivity contribution in [2.24, 2.45) is 11.8 Å². The van der Waals surface area contributed by atoms with Crippen LogP contribution in [0.2, 0.25) is 0 Å². The first-order valence-electron chi connectivity index (χ1n) is 6.77. The SMILES string of the molecule is CC(C)OCC(=O)NC1CC[C@H]2CNC[C@H]2C1. The predicted molar refractivity (Wildman–Crippen MR) is 66.7 cm³/mol. The minimum atomic E-state index is 0.0353. The van der Waals surface area contributed by atoms with Crippen LogP contribution in [-0.2, 0) is 9.53 Å². The van der Waals surface area contributed by atoms with Crippen molar-refractivity contribution in [1.29, 1.82) is 0 Å². The van der Waals surface area contributed by atoms with E-state index in [-0.39, 0.29) is 18.6 Å². The van der Waals surface area contributed by atoms with E-state index >= 15 is 0 Å². The third-order valence-corrected chi connectivity index (χ3v) is 3.87. The molecule has 2 rings (SSSR count). The van der Waals surface area contributed by atoms with E-state index in [2.05, 4.69) is 10.6 Å². The van der Waals surface area contributed by atoms with Crippen LogP contribution in [0.4, 0.5) is 0 Å². The Kier molecular flexibility index (Phi) is 4.40. The number of ether oxygens (including phenoxy) is 1. The number of amides is 1. The smallest absolute Gasteiger partial charge is 0.246 e. The van der Waals surface area contributed by atoms with Gasteiger partial charge >= 0.3 is 0 Å². The molecule has 0 aromatic rings. The maximum absolute atomic E-state index is 11.7. The van der Waals surface area contributed by atoms with Gasteiger partial charge < -0.3 is 15.4 Å². The Morgan fingerprint density at radius 2 is 2.12 bits per heavy atom. The van der Waals surface area contributed by atoms with Gasteiger partial charge in [-0.2, -0.15) is 0 Å². The molecule has 1 amide bonds. The van der Waals surface area contributed by atoms with E-state index in [4.69, 9.17) is 4.74 Å². The zero-order chi connectivity index (χ0) is 12.3. The maximum atomic E-state index is 11.7. The van der Waals surface area contributed by atoms with E-state index < -0.39 is 0 Å². The molecule has 1 heterocycles. The van der Waals surface area contributed by atoms with Crippen molar-refractivity contribution in [3.05, 3.63) is 0 Å². The van der Waals surface area contributed by atoms with E-state index in [1.165, 1.54) is 13.0 Å². The molecule has 0 spiro atoms. The van der Waals surface area contributed by atoms with Gasteiger partial charge in [-0.05, 0) is 58.0 Å². The van der Waals surface area contributed by atoms with Gasteiger partial charge in [0.2, 0.25) is 5.91 Å². The minimum Gasteiger partial charge on any atom is -0.369 e. The van der Waals surface area contributed by atoms with Crippen LogP contribution in [-0.4, -0.2) is 37.7 Å². The van der Waals surface area contributed by atoms with Crippen LogP contribution in [0, 0.1) is 11.8 Å². The van der Waals surface area contributed by atoms with Crippen LogP contribution >= 0.6 is 0 Å². The van der Waals surface area contributed by atoms with Crippen LogP contribution in [0.3, 0.4) is 0 Å². The van der Waals surface area contributed by atoms with Gasteiger partial charge in [0.05, 0.1) is 6.10 Å². The minimum absolute atomic E-state index is 0.0353. The van der Waals surface area contributed by atoms with Gasteiger partial charge in [0.25, 0.3) is 0 Å². The summed E-state index contributed by atoms with van der Waals surface area (Å²) in [6, 6.07) is 0.361. The van der Waals surface area contributed by atoms with Crippen molar-refractivity contribution >= 4 is 5.91 Å². The summed E-state index contributed by atoms with van der Waals surface area (Å²) in [4.78, 5) is 11.7. The van der Waals surface area contributed by atoms with Crippen molar-refractivity contribution in [2.75, 3.05) is 19.7 Å². The predicted octanol–water partition coefficient (Wildman–Crippen LogP) is 0.916. The van der Waals surface area contributed by atoms with Crippen molar-refractivity contribution in [2.45, 2.75) is 45.3 Å². The number of hydrogen-bond acceptors (Lipinski definition) is 3. The summed E-state index contributed by atoms with van der Waals surface area (Å²) in [6.07, 6.45) is 3.62. The standard InChI is InChI=1S/C13H24N2O2/c1-9(2)17-8-13(16)15-12-4-3-10-6-14-7-11(10)5-12/h9-12,14H,3-8H2,1-2H3,(H,15,16)/t10-,11+,12?/m0/s1. The Morgan fingerprint density at radius 1 is 1.35 bits per heavy atom. The quantitative estimate of drug-likeness (QED) is 0.768. The maximum Gasteiger partial charge on any atom is 0.246 e. The average Bonchev–Trinajstić information content (AvgIpc) is 2.73. The van der Waals surface area contributed by atoms with Crippen LogP contribution in [0.15, 0.2) is 0 Å². The summed E-state index contributed by atoms with van der Waals surface area (Å²) in [5.41, 5.74) is 0. The summed E-state index contributed by atoms with van der Waals surface area (Å²) in [5, 5.41) is 6.54. The average molecular weight is 240 g/mol. The van der Waals surface area contributed by atoms with Crippen molar-refractivity contribution in [1.82, 2.24) is 10.6 Å². The zero-order valence-corrected chi connectivity index (χ0v) is 10.9. The highest BCUT2D eigenvalue weighted by molar-refractivity contribution is 5.77. The first kappa shape index (κ1) is 12.8. The molecule has 1 unspecified atom stereocenters. The van der Waals surface area contributed by atoms with Gasteiger partial charge in [0, 0.05) is 6.04 Å². The monoisotopic (exact) mass is 240 g/mol. The van der Waals surface area contributed by atoms with E-state index in [9.17, 15) is 4.79 Å². The highest BCUT2D eigenvalue weighted by Gasteiger charge is 2.34. The lowest BCUT2D eigenvalue weighted by molar-refractivity contribution is -0.128. The third kappa shape index (κ3) is 3.68. The number of carbonyl (C=O) groups is 1. The number of carbonyl (C=O) groups excluding carboxylic acids is 1. The Hall–Kier alpha value is -0.610. The van der Waals surface area contributed by atoms with Crippen molar-refractivity contribution in [3.8, 4) is 0 Å². The summed E-state index contributed by atoms with van der Waals surface area (Å²) in [6.45, 7) is 6.38. The lowest BCUT2D eigenvalue weighted by Gasteiger charge is -2.31. The fourth-order valence-electron chi connectivity index (χ4n) is 2.94. The summed E-state index contributed by atoms with van der Waals surface area (Å²) in [5.74, 6) is 1.64. The van der Waals surface area contributed by atoms with E-state index in [1.54, 1.807) is 0 Å². The second-order valence-corrected chi connectivity index (χ2v) is 5.62. The topological polar surface area (TPSA) is 50.4 Å². The van der Waals surface area contributed by atoms with Crippen LogP contribution in [0.1, 0.15) is 33.1 Å². The molecule has 2 N–H and O–H groups in total. The Labute approximate surface area is 103 Å². The second-order valence-electron chi connectivity index (χ2n) is 5.62. The lowest BCUT2D eigenvalue weighted by Crippen LogP contribution is -2.42. The molecular formula is C13H24N2O2. The molecule has 2 fully saturated rings. The lowest BCUT2D eigenvalue weighted by atomic mass is 9.79. The molecule has 1 aliphatic carbocycles. The Balaban J connectivity index is 1.70. The molecule has 17 heavy (non-hydrogen) atoms. The first-order chi connectivity index (χ1) is 8.15. The van der Waals surface area contributed by atoms with Crippen LogP contribution in [0.5, 0.6) is 0 Å². The van der Waals surface area contributed by atoms with Gasteiger partial charge in [-0.25, -0.2) is 0 Å². The fourth-order valence-corrected chi connectivity index (χ4v) is 2.94. The third-order valence-electron chi connectivity index (χ3n) is 3.87. The molecule has 1 saturated heterocycles. The molecule has 0 radical (unpaired) electrons. The number of nitrogens with one attached hydrogen (secondary N) is 2. The first-order valence-corrected chi connectivity index (χ1v) is 6.77. The molecular weight excluding hydrogens is 216 g/mol. The molecule has 3 atom stereocenters. The molecule has 98 valence electrons. The summed E-state index contributed by atoms with van der Waals surface area (Å²) < 4.78 is 5.31. The molecule has 4 nitrogen and oxygen atoms in total. The summed E-state index contributed by atoms with van der Waals surface area (Å²) in [7, 11) is 0. The van der Waals surface area contributed by atoms with Crippen LogP contribution < -0.4 is 10.6 Å². The van der Waals surface area contributed by atoms with E-state index in [1.807, 2.05) is 13.8 Å². The summed E-state index contributed by atoms with van der Waals surface area (Å²) >= 11 is 0. The number of hydrogen-bond donors (Lipinski definition) is 2. The van der Waals surface area contributed by atoms with Crippen molar-refractivity contribution in [3.63, 3.8) is 0 Å². The van der Waals surface area contributed by atoms with Gasteiger partial charge in [-0.3, -0.25) is 4.79 Å². The number of fused-ring (bicyclic) bond motifs is 1. The van der Waals surface area contributed by atoms with Gasteiger partial charge in [0.1, 0.15) is 6.61 Å². The molecule has 1 saturated carbocycles. The molecule has 0 bridgehead atoms. The Bertz CT molecular complexity index is 268. The van der Waals surface area contributed by atoms with Gasteiger partial charge in [-0.1, -0.05) is 0 Å². The van der Waals surface area contributed by atoms with E-state index in [0.29, 0.717) is 6.04 Å². The molecule has 0 aromatic carbocycles. The Morgan fingerprint density at radius 3 is 2.88 bits per heavy atom. The highest BCUT2D eigenvalue weighted by Crippen LogP contribution is 2.32. The normalized spacial score (nSPS) is 32.5. The van der Waals surface area contributed by atoms with E-state index in [0.717, 1.165) is 31.2 Å². The molecule has 1 aliphatic heterocycles.